The molecule has 2 aromatic heterocycles. The van der Waals surface area contributed by atoms with E-state index < -0.39 is 0 Å². The molecule has 0 N–H and O–H groups in total. The average Bonchev–Trinajstić information content (AvgIpc) is 3.10. The summed E-state index contributed by atoms with van der Waals surface area (Å²) in [5, 5.41) is 0. The van der Waals surface area contributed by atoms with E-state index >= 15 is 0 Å². The first-order valence-corrected chi connectivity index (χ1v) is 9.10. The molecule has 0 bridgehead atoms. The third-order valence-corrected chi connectivity index (χ3v) is 4.69. The van der Waals surface area contributed by atoms with Gasteiger partial charge < -0.3 is 14.2 Å². The second-order valence-corrected chi connectivity index (χ2v) is 6.39. The maximum absolute atomic E-state index is 5.46. The number of anilines is 1. The van der Waals surface area contributed by atoms with Gasteiger partial charge >= 0.3 is 0 Å². The first-order valence-electron chi connectivity index (χ1n) is 9.10. The lowest BCUT2D eigenvalue weighted by atomic mass is 10.1. The number of ether oxygens (including phenoxy) is 1. The minimum absolute atomic E-state index is 0.573. The number of hydrogen-bond acceptors (Lipinski definition) is 5. The maximum atomic E-state index is 5.46. The van der Waals surface area contributed by atoms with Crippen molar-refractivity contribution in [3.8, 4) is 5.88 Å². The largest absolute Gasteiger partial charge is 0.477 e. The lowest BCUT2D eigenvalue weighted by molar-refractivity contribution is 0.325. The molecule has 0 saturated heterocycles. The second-order valence-electron chi connectivity index (χ2n) is 6.39. The lowest BCUT2D eigenvalue weighted by Crippen LogP contribution is -2.32. The fraction of sp³-hybridized carbons (Fsp3) is 0.350. The number of benzene rings is 1. The van der Waals surface area contributed by atoms with Gasteiger partial charge in [0.2, 0.25) is 5.88 Å². The van der Waals surface area contributed by atoms with Crippen molar-refractivity contribution >= 4 is 5.82 Å². The summed E-state index contributed by atoms with van der Waals surface area (Å²) in [4.78, 5) is 15.7. The molecular formula is C20H23N5O. The second kappa shape index (κ2) is 7.56. The van der Waals surface area contributed by atoms with Crippen LogP contribution in [0.15, 0.2) is 49.1 Å². The molecule has 0 fully saturated rings. The average molecular weight is 349 g/mol. The van der Waals surface area contributed by atoms with Gasteiger partial charge in [-0.25, -0.2) is 4.98 Å². The zero-order valence-electron chi connectivity index (χ0n) is 15.0. The Kier molecular flexibility index (Phi) is 4.82. The Hall–Kier alpha value is -2.89. The van der Waals surface area contributed by atoms with E-state index in [9.17, 15) is 0 Å². The Morgan fingerprint density at radius 2 is 2.04 bits per heavy atom. The quantitative estimate of drug-likeness (QED) is 0.685. The molecule has 4 rings (SSSR count). The smallest absolute Gasteiger partial charge is 0.234 e. The minimum Gasteiger partial charge on any atom is -0.477 e. The summed E-state index contributed by atoms with van der Waals surface area (Å²) in [7, 11) is 0. The van der Waals surface area contributed by atoms with Crippen molar-refractivity contribution < 1.29 is 4.74 Å². The number of hydrogen-bond donors (Lipinski definition) is 0. The van der Waals surface area contributed by atoms with Gasteiger partial charge in [-0.3, -0.25) is 4.98 Å². The topological polar surface area (TPSA) is 56.1 Å². The molecule has 0 radical (unpaired) electrons. The summed E-state index contributed by atoms with van der Waals surface area (Å²) in [5.41, 5.74) is 3.83. The van der Waals surface area contributed by atoms with E-state index in [0.717, 1.165) is 44.0 Å². The van der Waals surface area contributed by atoms with Crippen LogP contribution in [0.3, 0.4) is 0 Å². The Morgan fingerprint density at radius 3 is 2.88 bits per heavy atom. The molecule has 0 spiro atoms. The third-order valence-electron chi connectivity index (χ3n) is 4.69. The number of fused-ring (bicyclic) bond motifs is 1. The molecule has 1 aromatic carbocycles. The molecule has 3 heterocycles. The van der Waals surface area contributed by atoms with Crippen molar-refractivity contribution in [2.75, 3.05) is 18.1 Å². The van der Waals surface area contributed by atoms with Crippen molar-refractivity contribution in [2.45, 2.75) is 32.9 Å². The monoisotopic (exact) mass is 349 g/mol. The summed E-state index contributed by atoms with van der Waals surface area (Å²) in [6.45, 7) is 5.18. The van der Waals surface area contributed by atoms with Gasteiger partial charge in [-0.15, -0.1) is 0 Å². The van der Waals surface area contributed by atoms with Gasteiger partial charge in [-0.2, -0.15) is 4.98 Å². The van der Waals surface area contributed by atoms with E-state index in [1.807, 2.05) is 13.3 Å². The Bertz CT molecular complexity index is 862. The fourth-order valence-electron chi connectivity index (χ4n) is 3.36. The number of aryl methyl sites for hydroxylation is 2. The lowest BCUT2D eigenvalue weighted by Gasteiger charge is -2.28. The van der Waals surface area contributed by atoms with Gasteiger partial charge in [0.1, 0.15) is 0 Å². The summed E-state index contributed by atoms with van der Waals surface area (Å²) in [5.74, 6) is 1.42. The molecule has 0 amide bonds. The van der Waals surface area contributed by atoms with Crippen LogP contribution in [0.4, 0.5) is 5.82 Å². The van der Waals surface area contributed by atoms with Crippen LogP contribution in [0, 0.1) is 0 Å². The highest BCUT2D eigenvalue weighted by molar-refractivity contribution is 5.41. The van der Waals surface area contributed by atoms with Crippen LogP contribution in [0.2, 0.25) is 0 Å². The molecule has 0 saturated carbocycles. The van der Waals surface area contributed by atoms with Crippen LogP contribution in [0.1, 0.15) is 23.9 Å². The highest BCUT2D eigenvalue weighted by atomic mass is 16.5. The molecule has 0 aliphatic carbocycles. The Balaban J connectivity index is 1.45. The summed E-state index contributed by atoms with van der Waals surface area (Å²) >= 11 is 0. The van der Waals surface area contributed by atoms with Gasteiger partial charge in [0.25, 0.3) is 0 Å². The molecule has 134 valence electrons. The molecule has 3 aromatic rings. The Labute approximate surface area is 153 Å². The summed E-state index contributed by atoms with van der Waals surface area (Å²) in [6, 6.07) is 10.6. The highest BCUT2D eigenvalue weighted by Gasteiger charge is 2.22. The zero-order chi connectivity index (χ0) is 17.8. The molecule has 26 heavy (non-hydrogen) atoms. The van der Waals surface area contributed by atoms with Crippen LogP contribution in [0.25, 0.3) is 0 Å². The fourth-order valence-corrected chi connectivity index (χ4v) is 3.36. The molecule has 0 atom stereocenters. The number of aromatic nitrogens is 4. The van der Waals surface area contributed by atoms with Crippen molar-refractivity contribution in [3.05, 3.63) is 66.0 Å². The molecule has 1 aliphatic heterocycles. The number of rotatable bonds is 6. The highest BCUT2D eigenvalue weighted by Crippen LogP contribution is 2.23. The van der Waals surface area contributed by atoms with E-state index in [1.165, 1.54) is 11.3 Å². The predicted molar refractivity (Wildman–Crippen MR) is 100 cm³/mol. The standard InChI is InChI=1S/C20H23N5O/c1-2-26-20-13-21-12-19(23-20)24-11-9-18-17(14-24)22-15-25(18)10-8-16-6-4-3-5-7-16/h3-7,12-13,15H,2,8-11,14H2,1H3. The molecule has 1 aliphatic rings. The molecular weight excluding hydrogens is 326 g/mol. The normalized spacial score (nSPS) is 13.5. The van der Waals surface area contributed by atoms with E-state index in [2.05, 4.69) is 54.8 Å². The van der Waals surface area contributed by atoms with Crippen LogP contribution >= 0.6 is 0 Å². The molecule has 6 nitrogen and oxygen atoms in total. The van der Waals surface area contributed by atoms with E-state index in [4.69, 9.17) is 4.74 Å². The van der Waals surface area contributed by atoms with E-state index in [0.29, 0.717) is 12.5 Å². The van der Waals surface area contributed by atoms with Crippen LogP contribution < -0.4 is 9.64 Å². The predicted octanol–water partition coefficient (Wildman–Crippen LogP) is 2.88. The van der Waals surface area contributed by atoms with Gasteiger partial charge in [-0.1, -0.05) is 30.3 Å². The van der Waals surface area contributed by atoms with Crippen LogP contribution in [-0.4, -0.2) is 32.7 Å². The first-order chi connectivity index (χ1) is 12.8. The van der Waals surface area contributed by atoms with Gasteiger partial charge in [0.15, 0.2) is 5.82 Å². The van der Waals surface area contributed by atoms with Gasteiger partial charge in [0, 0.05) is 25.2 Å². The van der Waals surface area contributed by atoms with Crippen molar-refractivity contribution in [3.63, 3.8) is 0 Å². The molecule has 6 heteroatoms. The van der Waals surface area contributed by atoms with Gasteiger partial charge in [0.05, 0.1) is 37.6 Å². The third kappa shape index (κ3) is 3.54. The number of nitrogens with zero attached hydrogens (tertiary/aromatic N) is 5. The maximum Gasteiger partial charge on any atom is 0.234 e. The van der Waals surface area contributed by atoms with Crippen LogP contribution in [0.5, 0.6) is 5.88 Å². The minimum atomic E-state index is 0.573. The van der Waals surface area contributed by atoms with E-state index in [1.54, 1.807) is 12.4 Å². The van der Waals surface area contributed by atoms with Gasteiger partial charge in [-0.05, 0) is 18.9 Å². The summed E-state index contributed by atoms with van der Waals surface area (Å²) < 4.78 is 7.76. The van der Waals surface area contributed by atoms with Crippen molar-refractivity contribution in [2.24, 2.45) is 0 Å². The number of imidazole rings is 1. The van der Waals surface area contributed by atoms with E-state index in [-0.39, 0.29) is 0 Å². The van der Waals surface area contributed by atoms with Crippen molar-refractivity contribution in [1.82, 2.24) is 19.5 Å². The zero-order valence-corrected chi connectivity index (χ0v) is 15.0. The summed E-state index contributed by atoms with van der Waals surface area (Å²) in [6.07, 6.45) is 7.40. The van der Waals surface area contributed by atoms with Crippen LogP contribution in [-0.2, 0) is 25.9 Å². The SMILES string of the molecule is CCOc1cncc(N2CCc3c(ncn3CCc3ccccc3)C2)n1. The Morgan fingerprint density at radius 1 is 1.15 bits per heavy atom. The van der Waals surface area contributed by atoms with Crippen molar-refractivity contribution in [1.29, 1.82) is 0 Å². The first kappa shape index (κ1) is 16.6. The molecule has 0 unspecified atom stereocenters.